The summed E-state index contributed by atoms with van der Waals surface area (Å²) in [7, 11) is 0. The Morgan fingerprint density at radius 2 is 1.19 bits per heavy atom. The van der Waals surface area contributed by atoms with Crippen molar-refractivity contribution in [3.8, 4) is 11.5 Å². The van der Waals surface area contributed by atoms with E-state index in [-0.39, 0.29) is 19.8 Å². The lowest BCUT2D eigenvalue weighted by atomic mass is 10.2. The average Bonchev–Trinajstić information content (AvgIpc) is 2.70. The van der Waals surface area contributed by atoms with Crippen LogP contribution in [0.4, 0.5) is 0 Å². The van der Waals surface area contributed by atoms with Crippen LogP contribution < -0.4 is 9.47 Å². The molecule has 0 spiro atoms. The van der Waals surface area contributed by atoms with Crippen molar-refractivity contribution < 1.29 is 24.8 Å². The number of benzene rings is 2. The fourth-order valence-corrected chi connectivity index (χ4v) is 2.67. The third-order valence-electron chi connectivity index (χ3n) is 3.94. The fourth-order valence-electron chi connectivity index (χ4n) is 2.67. The van der Waals surface area contributed by atoms with Gasteiger partial charge >= 0.3 is 0 Å². The molecule has 0 amide bonds. The number of aliphatic hydroxyl groups is 3. The molecule has 2 atom stereocenters. The van der Waals surface area contributed by atoms with Crippen molar-refractivity contribution in [1.82, 2.24) is 4.90 Å². The molecule has 2 aromatic carbocycles. The maximum absolute atomic E-state index is 10.3. The SMILES string of the molecule is OCCCN(C[C@@H](O)COc1ccccc1)C[C@@H](O)COc1ccccc1. The van der Waals surface area contributed by atoms with E-state index in [1.807, 2.05) is 65.6 Å². The zero-order valence-corrected chi connectivity index (χ0v) is 15.5. The summed E-state index contributed by atoms with van der Waals surface area (Å²) in [5.74, 6) is 1.41. The minimum Gasteiger partial charge on any atom is -0.491 e. The zero-order valence-electron chi connectivity index (χ0n) is 15.5. The molecule has 0 saturated heterocycles. The average molecular weight is 375 g/mol. The van der Waals surface area contributed by atoms with Gasteiger partial charge in [-0.25, -0.2) is 0 Å². The molecule has 0 aliphatic rings. The van der Waals surface area contributed by atoms with E-state index in [0.717, 1.165) is 0 Å². The van der Waals surface area contributed by atoms with Crippen molar-refractivity contribution in [1.29, 1.82) is 0 Å². The first kappa shape index (κ1) is 21.2. The minimum absolute atomic E-state index is 0.0592. The molecule has 0 fully saturated rings. The van der Waals surface area contributed by atoms with Crippen LogP contribution in [0.5, 0.6) is 11.5 Å². The molecule has 0 aliphatic heterocycles. The Morgan fingerprint density at radius 1 is 0.741 bits per heavy atom. The van der Waals surface area contributed by atoms with Gasteiger partial charge in [0.05, 0.1) is 0 Å². The van der Waals surface area contributed by atoms with Crippen LogP contribution in [0, 0.1) is 0 Å². The Bertz CT molecular complexity index is 559. The van der Waals surface area contributed by atoms with E-state index in [0.29, 0.717) is 37.6 Å². The smallest absolute Gasteiger partial charge is 0.119 e. The van der Waals surface area contributed by atoms with E-state index in [2.05, 4.69) is 0 Å². The normalized spacial score (nSPS) is 13.3. The Balaban J connectivity index is 1.76. The van der Waals surface area contributed by atoms with E-state index in [1.54, 1.807) is 0 Å². The maximum Gasteiger partial charge on any atom is 0.119 e. The summed E-state index contributed by atoms with van der Waals surface area (Å²) in [6, 6.07) is 18.6. The van der Waals surface area contributed by atoms with Crippen molar-refractivity contribution in [2.24, 2.45) is 0 Å². The minimum atomic E-state index is -0.703. The molecule has 148 valence electrons. The van der Waals surface area contributed by atoms with Crippen molar-refractivity contribution in [3.63, 3.8) is 0 Å². The largest absolute Gasteiger partial charge is 0.491 e. The summed E-state index contributed by atoms with van der Waals surface area (Å²) < 4.78 is 11.1. The summed E-state index contributed by atoms with van der Waals surface area (Å²) in [5, 5.41) is 29.6. The van der Waals surface area contributed by atoms with Crippen LogP contribution in [0.2, 0.25) is 0 Å². The molecule has 0 radical (unpaired) electrons. The molecule has 0 heterocycles. The van der Waals surface area contributed by atoms with Crippen LogP contribution >= 0.6 is 0 Å². The second-order valence-corrected chi connectivity index (χ2v) is 6.39. The highest BCUT2D eigenvalue weighted by molar-refractivity contribution is 5.21. The third kappa shape index (κ3) is 8.88. The van der Waals surface area contributed by atoms with Gasteiger partial charge in [-0.3, -0.25) is 4.90 Å². The van der Waals surface area contributed by atoms with Gasteiger partial charge in [0.25, 0.3) is 0 Å². The van der Waals surface area contributed by atoms with Crippen molar-refractivity contribution in [2.75, 3.05) is 39.5 Å². The highest BCUT2D eigenvalue weighted by Gasteiger charge is 2.16. The first-order chi connectivity index (χ1) is 13.2. The lowest BCUT2D eigenvalue weighted by molar-refractivity contribution is 0.0293. The Morgan fingerprint density at radius 3 is 1.59 bits per heavy atom. The number of nitrogens with zero attached hydrogens (tertiary/aromatic N) is 1. The van der Waals surface area contributed by atoms with Gasteiger partial charge in [-0.05, 0) is 30.7 Å². The first-order valence-electron chi connectivity index (χ1n) is 9.22. The van der Waals surface area contributed by atoms with E-state index < -0.39 is 12.2 Å². The molecule has 2 aromatic rings. The van der Waals surface area contributed by atoms with Gasteiger partial charge in [-0.2, -0.15) is 0 Å². The number of ether oxygens (including phenoxy) is 2. The van der Waals surface area contributed by atoms with Gasteiger partial charge in [0, 0.05) is 26.2 Å². The molecule has 2 rings (SSSR count). The molecule has 6 heteroatoms. The summed E-state index contributed by atoms with van der Waals surface area (Å²) in [5.41, 5.74) is 0. The van der Waals surface area contributed by atoms with Gasteiger partial charge in [0.15, 0.2) is 0 Å². The predicted molar refractivity (Wildman–Crippen MR) is 104 cm³/mol. The number of hydrogen-bond donors (Lipinski definition) is 3. The van der Waals surface area contributed by atoms with Gasteiger partial charge in [0.2, 0.25) is 0 Å². The predicted octanol–water partition coefficient (Wildman–Crippen LogP) is 1.55. The highest BCUT2D eigenvalue weighted by Crippen LogP contribution is 2.10. The molecule has 3 N–H and O–H groups in total. The van der Waals surface area contributed by atoms with Crippen molar-refractivity contribution in [2.45, 2.75) is 18.6 Å². The van der Waals surface area contributed by atoms with Gasteiger partial charge in [-0.1, -0.05) is 36.4 Å². The second-order valence-electron chi connectivity index (χ2n) is 6.39. The maximum atomic E-state index is 10.3. The third-order valence-corrected chi connectivity index (χ3v) is 3.94. The highest BCUT2D eigenvalue weighted by atomic mass is 16.5. The molecule has 0 bridgehead atoms. The van der Waals surface area contributed by atoms with Crippen LogP contribution in [0.25, 0.3) is 0 Å². The lowest BCUT2D eigenvalue weighted by Crippen LogP contribution is -2.42. The Kier molecular flexibility index (Phi) is 9.65. The van der Waals surface area contributed by atoms with Crippen molar-refractivity contribution in [3.05, 3.63) is 60.7 Å². The van der Waals surface area contributed by atoms with Crippen LogP contribution in [-0.4, -0.2) is 71.9 Å². The van der Waals surface area contributed by atoms with Crippen LogP contribution in [0.15, 0.2) is 60.7 Å². The van der Waals surface area contributed by atoms with E-state index >= 15 is 0 Å². The van der Waals surface area contributed by atoms with Crippen molar-refractivity contribution >= 4 is 0 Å². The van der Waals surface area contributed by atoms with Crippen LogP contribution in [0.1, 0.15) is 6.42 Å². The standard InChI is InChI=1S/C21H29NO5/c23-13-7-12-22(14-18(24)16-26-20-8-3-1-4-9-20)15-19(25)17-27-21-10-5-2-6-11-21/h1-6,8-11,18-19,23-25H,7,12-17H2/t18-,19-/m1/s1. The molecule has 0 saturated carbocycles. The molecule has 0 aromatic heterocycles. The molecule has 0 unspecified atom stereocenters. The zero-order chi connectivity index (χ0) is 19.3. The van der Waals surface area contributed by atoms with Gasteiger partial charge in [-0.15, -0.1) is 0 Å². The van der Waals surface area contributed by atoms with Crippen LogP contribution in [-0.2, 0) is 0 Å². The number of rotatable bonds is 13. The van der Waals surface area contributed by atoms with Crippen LogP contribution in [0.3, 0.4) is 0 Å². The lowest BCUT2D eigenvalue weighted by Gasteiger charge is -2.27. The Labute approximate surface area is 160 Å². The molecule has 6 nitrogen and oxygen atoms in total. The second kappa shape index (κ2) is 12.3. The molecule has 0 aliphatic carbocycles. The Hall–Kier alpha value is -2.12. The first-order valence-corrected chi connectivity index (χ1v) is 9.22. The quantitative estimate of drug-likeness (QED) is 0.493. The topological polar surface area (TPSA) is 82.4 Å². The fraction of sp³-hybridized carbons (Fsp3) is 0.429. The summed E-state index contributed by atoms with van der Waals surface area (Å²) >= 11 is 0. The summed E-state index contributed by atoms with van der Waals surface area (Å²) in [6.07, 6.45) is -0.837. The molecular formula is C21H29NO5. The van der Waals surface area contributed by atoms with Gasteiger partial charge < -0.3 is 24.8 Å². The van der Waals surface area contributed by atoms with Gasteiger partial charge in [0.1, 0.15) is 36.9 Å². The van der Waals surface area contributed by atoms with E-state index in [1.165, 1.54) is 0 Å². The molecular weight excluding hydrogens is 346 g/mol. The summed E-state index contributed by atoms with van der Waals surface area (Å²) in [4.78, 5) is 1.91. The van der Waals surface area contributed by atoms with E-state index in [9.17, 15) is 10.2 Å². The molecule has 27 heavy (non-hydrogen) atoms. The number of hydrogen-bond acceptors (Lipinski definition) is 6. The monoisotopic (exact) mass is 375 g/mol. The van der Waals surface area contributed by atoms with E-state index in [4.69, 9.17) is 14.6 Å². The number of para-hydroxylation sites is 2. The number of aliphatic hydroxyl groups excluding tert-OH is 3. The summed E-state index contributed by atoms with van der Waals surface area (Å²) in [6.45, 7) is 1.64.